The van der Waals surface area contributed by atoms with Gasteiger partial charge in [0.15, 0.2) is 0 Å². The van der Waals surface area contributed by atoms with Crippen molar-refractivity contribution in [2.45, 2.75) is 17.1 Å². The highest BCUT2D eigenvalue weighted by Crippen LogP contribution is 2.48. The van der Waals surface area contributed by atoms with Crippen LogP contribution in [0.25, 0.3) is 0 Å². The van der Waals surface area contributed by atoms with Crippen molar-refractivity contribution < 1.29 is 13.9 Å². The molecule has 2 amide bonds. The number of hydrazine groups is 1. The first-order valence-electron chi connectivity index (χ1n) is 6.79. The molecule has 0 aromatic heterocycles. The summed E-state index contributed by atoms with van der Waals surface area (Å²) >= 11 is 1.28. The molecule has 1 aliphatic carbocycles. The van der Waals surface area contributed by atoms with E-state index in [4.69, 9.17) is 4.74 Å². The number of para-hydroxylation sites is 1. The van der Waals surface area contributed by atoms with E-state index in [2.05, 4.69) is 10.7 Å². The third-order valence-electron chi connectivity index (χ3n) is 3.17. The first kappa shape index (κ1) is 14.9. The Hall–Kier alpha value is -1.99. The zero-order valence-corrected chi connectivity index (χ0v) is 13.0. The number of ether oxygens (including phenoxy) is 1. The summed E-state index contributed by atoms with van der Waals surface area (Å²) in [6.07, 6.45) is 3.45. The Morgan fingerprint density at radius 1 is 1.41 bits per heavy atom. The molecule has 0 radical (unpaired) electrons. The fourth-order valence-electron chi connectivity index (χ4n) is 2.27. The molecule has 0 bridgehead atoms. The second kappa shape index (κ2) is 5.66. The molecule has 116 valence electrons. The van der Waals surface area contributed by atoms with Gasteiger partial charge in [0.25, 0.3) is 0 Å². The van der Waals surface area contributed by atoms with Gasteiger partial charge in [-0.25, -0.2) is 14.2 Å². The van der Waals surface area contributed by atoms with Gasteiger partial charge in [0.05, 0.1) is 9.80 Å². The highest BCUT2D eigenvalue weighted by Gasteiger charge is 2.42. The molecule has 1 aromatic carbocycles. The molecule has 3 rings (SSSR count). The van der Waals surface area contributed by atoms with Gasteiger partial charge < -0.3 is 4.74 Å². The van der Waals surface area contributed by atoms with E-state index in [0.717, 1.165) is 4.90 Å². The summed E-state index contributed by atoms with van der Waals surface area (Å²) in [4.78, 5) is 13.0. The monoisotopic (exact) mass is 321 g/mol. The number of nitrogens with zero attached hydrogens (tertiary/aromatic N) is 1. The number of urea groups is 1. The number of halogens is 1. The zero-order valence-electron chi connectivity index (χ0n) is 12.2. The van der Waals surface area contributed by atoms with Gasteiger partial charge in [0.1, 0.15) is 11.5 Å². The van der Waals surface area contributed by atoms with Crippen LogP contribution >= 0.6 is 11.8 Å². The van der Waals surface area contributed by atoms with Crippen molar-refractivity contribution >= 4 is 17.8 Å². The van der Waals surface area contributed by atoms with Crippen molar-refractivity contribution in [3.05, 3.63) is 47.1 Å². The van der Waals surface area contributed by atoms with Gasteiger partial charge in [-0.2, -0.15) is 0 Å². The third kappa shape index (κ3) is 2.82. The van der Waals surface area contributed by atoms with Crippen molar-refractivity contribution in [3.8, 4) is 5.75 Å². The lowest BCUT2D eigenvalue weighted by Crippen LogP contribution is -2.53. The maximum Gasteiger partial charge on any atom is 0.332 e. The molecular formula is C15H16FN3O2S. The van der Waals surface area contributed by atoms with Crippen LogP contribution in [0.4, 0.5) is 9.18 Å². The minimum Gasteiger partial charge on any atom is -0.455 e. The zero-order chi connectivity index (χ0) is 15.7. The summed E-state index contributed by atoms with van der Waals surface area (Å²) in [6.45, 7) is 0. The third-order valence-corrected chi connectivity index (χ3v) is 4.46. The Balaban J connectivity index is 1.87. The Bertz CT molecular complexity index is 675. The van der Waals surface area contributed by atoms with Crippen molar-refractivity contribution in [1.29, 1.82) is 0 Å². The Morgan fingerprint density at radius 3 is 2.95 bits per heavy atom. The molecular weight excluding hydrogens is 305 g/mol. The predicted octanol–water partition coefficient (Wildman–Crippen LogP) is 2.78. The number of rotatable bonds is 2. The molecule has 0 saturated carbocycles. The van der Waals surface area contributed by atoms with Gasteiger partial charge in [-0.15, -0.1) is 0 Å². The van der Waals surface area contributed by atoms with Crippen molar-refractivity contribution in [2.24, 2.45) is 0 Å². The number of hydrogen-bond acceptors (Lipinski definition) is 4. The van der Waals surface area contributed by atoms with Crippen LogP contribution in [0.2, 0.25) is 0 Å². The van der Waals surface area contributed by atoms with Gasteiger partial charge in [0.2, 0.25) is 5.79 Å². The fraction of sp³-hybridized carbons (Fsp3) is 0.267. The van der Waals surface area contributed by atoms with Crippen molar-refractivity contribution in [3.63, 3.8) is 0 Å². The molecule has 2 aliphatic rings. The summed E-state index contributed by atoms with van der Waals surface area (Å²) < 4.78 is 21.0. The maximum atomic E-state index is 15.3. The van der Waals surface area contributed by atoms with Crippen molar-refractivity contribution in [1.82, 2.24) is 15.8 Å². The molecule has 2 N–H and O–H groups in total. The van der Waals surface area contributed by atoms with Crippen LogP contribution < -0.4 is 15.5 Å². The van der Waals surface area contributed by atoms with Gasteiger partial charge in [-0.3, -0.25) is 10.7 Å². The lowest BCUT2D eigenvalue weighted by atomic mass is 10.0. The topological polar surface area (TPSA) is 53.6 Å². The summed E-state index contributed by atoms with van der Waals surface area (Å²) in [7, 11) is 3.31. The van der Waals surface area contributed by atoms with Crippen LogP contribution in [0.5, 0.6) is 5.75 Å². The average Bonchev–Trinajstić information content (AvgIpc) is 2.45. The SMILES string of the molecule is CN(C)NC(=O)NC1(F)CC=CC2=C1Sc1ccccc1O2. The van der Waals surface area contributed by atoms with E-state index >= 15 is 4.39 Å². The Morgan fingerprint density at radius 2 is 2.18 bits per heavy atom. The van der Waals surface area contributed by atoms with Crippen LogP contribution in [0.1, 0.15) is 6.42 Å². The van der Waals surface area contributed by atoms with E-state index in [1.165, 1.54) is 16.8 Å². The molecule has 1 aliphatic heterocycles. The predicted molar refractivity (Wildman–Crippen MR) is 82.9 cm³/mol. The number of thioether (sulfide) groups is 1. The highest BCUT2D eigenvalue weighted by molar-refractivity contribution is 8.03. The lowest BCUT2D eigenvalue weighted by Gasteiger charge is -2.34. The number of hydrogen-bond donors (Lipinski definition) is 2. The molecule has 5 nitrogen and oxygen atoms in total. The number of benzene rings is 1. The molecule has 1 unspecified atom stereocenters. The largest absolute Gasteiger partial charge is 0.455 e. The van der Waals surface area contributed by atoms with Crippen LogP contribution in [0.3, 0.4) is 0 Å². The minimum atomic E-state index is -1.98. The first-order valence-corrected chi connectivity index (χ1v) is 7.61. The van der Waals surface area contributed by atoms with E-state index in [-0.39, 0.29) is 6.42 Å². The maximum absolute atomic E-state index is 15.3. The summed E-state index contributed by atoms with van der Waals surface area (Å²) in [5.41, 5.74) is 2.48. The second-order valence-corrected chi connectivity index (χ2v) is 6.26. The van der Waals surface area contributed by atoms with Crippen LogP contribution in [-0.4, -0.2) is 30.9 Å². The van der Waals surface area contributed by atoms with Crippen LogP contribution in [-0.2, 0) is 0 Å². The smallest absolute Gasteiger partial charge is 0.332 e. The van der Waals surface area contributed by atoms with E-state index < -0.39 is 11.8 Å². The molecule has 0 saturated heterocycles. The van der Waals surface area contributed by atoms with Gasteiger partial charge in [-0.05, 0) is 18.2 Å². The van der Waals surface area contributed by atoms with Crippen molar-refractivity contribution in [2.75, 3.05) is 14.1 Å². The molecule has 1 heterocycles. The minimum absolute atomic E-state index is 0.0607. The number of amides is 2. The van der Waals surface area contributed by atoms with E-state index in [1.54, 1.807) is 26.2 Å². The number of fused-ring (bicyclic) bond motifs is 1. The molecule has 1 aromatic rings. The molecule has 7 heteroatoms. The highest BCUT2D eigenvalue weighted by atomic mass is 32.2. The number of nitrogens with one attached hydrogen (secondary N) is 2. The molecule has 0 spiro atoms. The second-order valence-electron chi connectivity index (χ2n) is 5.21. The fourth-order valence-corrected chi connectivity index (χ4v) is 3.35. The summed E-state index contributed by atoms with van der Waals surface area (Å²) in [5.74, 6) is -0.858. The van der Waals surface area contributed by atoms with Gasteiger partial charge >= 0.3 is 6.03 Å². The standard InChI is InChI=1S/C15H16FN3O2S/c1-19(2)18-14(20)17-15(16)9-5-7-11-13(15)22-12-8-4-3-6-10(12)21-11/h3-8H,9H2,1-2H3,(H2,17,18,20). The van der Waals surface area contributed by atoms with Crippen LogP contribution in [0.15, 0.2) is 52.0 Å². The van der Waals surface area contributed by atoms with Gasteiger partial charge in [0, 0.05) is 20.5 Å². The number of carbonyl (C=O) groups excluding carboxylic acids is 1. The normalized spacial score (nSPS) is 22.7. The lowest BCUT2D eigenvalue weighted by molar-refractivity contribution is 0.151. The number of alkyl halides is 1. The first-order chi connectivity index (χ1) is 10.5. The van der Waals surface area contributed by atoms with E-state index in [9.17, 15) is 4.79 Å². The van der Waals surface area contributed by atoms with E-state index in [1.807, 2.05) is 24.3 Å². The summed E-state index contributed by atoms with van der Waals surface area (Å²) in [5, 5.41) is 3.84. The molecule has 1 atom stereocenters. The quantitative estimate of drug-likeness (QED) is 0.650. The van der Waals surface area contributed by atoms with Gasteiger partial charge in [-0.1, -0.05) is 30.0 Å². The average molecular weight is 321 g/mol. The Kier molecular flexibility index (Phi) is 3.84. The van der Waals surface area contributed by atoms with E-state index in [0.29, 0.717) is 16.4 Å². The number of allylic oxidation sites excluding steroid dienone is 1. The Labute approximate surface area is 132 Å². The summed E-state index contributed by atoms with van der Waals surface area (Å²) in [6, 6.07) is 6.83. The molecule has 0 fully saturated rings. The van der Waals surface area contributed by atoms with Crippen LogP contribution in [0, 0.1) is 0 Å². The molecule has 22 heavy (non-hydrogen) atoms. The number of carbonyl (C=O) groups is 1.